The van der Waals surface area contributed by atoms with Crippen LogP contribution in [0.4, 0.5) is 0 Å². The van der Waals surface area contributed by atoms with Crippen molar-refractivity contribution in [1.82, 2.24) is 30.5 Å². The van der Waals surface area contributed by atoms with Crippen LogP contribution in [0.25, 0.3) is 0 Å². The van der Waals surface area contributed by atoms with Gasteiger partial charge >= 0.3 is 0 Å². The summed E-state index contributed by atoms with van der Waals surface area (Å²) in [5.41, 5.74) is 1.14. The highest BCUT2D eigenvalue weighted by Crippen LogP contribution is 2.29. The molecule has 1 N–H and O–H groups in total. The molecule has 2 rings (SSSR count). The first-order chi connectivity index (χ1) is 8.22. The smallest absolute Gasteiger partial charge is 0.215 e. The molecule has 0 saturated carbocycles. The molecule has 0 fully saturated rings. The molecule has 2 aromatic rings. The Labute approximate surface area is 104 Å². The Morgan fingerprint density at radius 3 is 2.94 bits per heavy atom. The maximum absolute atomic E-state index is 4.38. The molecule has 0 saturated heterocycles. The van der Waals surface area contributed by atoms with E-state index in [1.165, 1.54) is 11.8 Å². The minimum Gasteiger partial charge on any atom is -0.313 e. The molecular formula is C10H14N6S. The third-order valence-electron chi connectivity index (χ3n) is 2.47. The van der Waals surface area contributed by atoms with Crippen LogP contribution in [-0.4, -0.2) is 32.2 Å². The molecule has 0 bridgehead atoms. The van der Waals surface area contributed by atoms with Gasteiger partial charge in [-0.05, 0) is 42.2 Å². The van der Waals surface area contributed by atoms with Crippen molar-refractivity contribution in [1.29, 1.82) is 0 Å². The first-order valence-corrected chi connectivity index (χ1v) is 6.06. The molecular weight excluding hydrogens is 236 g/mol. The highest BCUT2D eigenvalue weighted by atomic mass is 32.2. The highest BCUT2D eigenvalue weighted by Gasteiger charge is 2.13. The highest BCUT2D eigenvalue weighted by molar-refractivity contribution is 7.99. The van der Waals surface area contributed by atoms with Gasteiger partial charge in [-0.15, -0.1) is 5.10 Å². The van der Waals surface area contributed by atoms with E-state index in [1.807, 2.05) is 20.2 Å². The molecule has 0 radical (unpaired) electrons. The second-order valence-corrected chi connectivity index (χ2v) is 4.55. The summed E-state index contributed by atoms with van der Waals surface area (Å²) in [5, 5.41) is 16.2. The van der Waals surface area contributed by atoms with Crippen LogP contribution in [-0.2, 0) is 7.05 Å². The molecule has 90 valence electrons. The maximum Gasteiger partial charge on any atom is 0.215 e. The lowest BCUT2D eigenvalue weighted by molar-refractivity contribution is 0.632. The molecule has 0 aliphatic rings. The Morgan fingerprint density at radius 2 is 2.29 bits per heavy atom. The van der Waals surface area contributed by atoms with Crippen LogP contribution in [0.5, 0.6) is 0 Å². The van der Waals surface area contributed by atoms with Gasteiger partial charge in [-0.25, -0.2) is 9.67 Å². The van der Waals surface area contributed by atoms with Crippen LogP contribution in [0.1, 0.15) is 18.5 Å². The Balaban J connectivity index is 2.30. The summed E-state index contributed by atoms with van der Waals surface area (Å²) >= 11 is 1.47. The third-order valence-corrected chi connectivity index (χ3v) is 3.53. The van der Waals surface area contributed by atoms with Crippen molar-refractivity contribution < 1.29 is 0 Å². The van der Waals surface area contributed by atoms with Crippen LogP contribution in [0.3, 0.4) is 0 Å². The lowest BCUT2D eigenvalue weighted by atomic mass is 10.1. The zero-order valence-electron chi connectivity index (χ0n) is 9.95. The molecule has 1 unspecified atom stereocenters. The van der Waals surface area contributed by atoms with Gasteiger partial charge < -0.3 is 5.32 Å². The van der Waals surface area contributed by atoms with E-state index in [0.29, 0.717) is 0 Å². The Hall–Kier alpha value is -1.47. The number of aromatic nitrogens is 5. The number of pyridine rings is 1. The van der Waals surface area contributed by atoms with Gasteiger partial charge in [-0.3, -0.25) is 0 Å². The second-order valence-electron chi connectivity index (χ2n) is 3.60. The van der Waals surface area contributed by atoms with Crippen LogP contribution < -0.4 is 5.32 Å². The van der Waals surface area contributed by atoms with Crippen LogP contribution in [0.2, 0.25) is 0 Å². The van der Waals surface area contributed by atoms with Crippen molar-refractivity contribution in [3.8, 4) is 0 Å². The predicted molar refractivity (Wildman–Crippen MR) is 64.6 cm³/mol. The predicted octanol–water partition coefficient (Wildman–Crippen LogP) is 1.04. The number of hydrogen-bond donors (Lipinski definition) is 1. The summed E-state index contributed by atoms with van der Waals surface area (Å²) < 4.78 is 1.63. The van der Waals surface area contributed by atoms with Gasteiger partial charge in [0.1, 0.15) is 5.03 Å². The third kappa shape index (κ3) is 2.62. The molecule has 0 aliphatic heterocycles. The average molecular weight is 250 g/mol. The van der Waals surface area contributed by atoms with Gasteiger partial charge in [0, 0.05) is 24.8 Å². The fraction of sp³-hybridized carbons (Fsp3) is 0.400. The molecule has 0 aromatic carbocycles. The van der Waals surface area contributed by atoms with E-state index in [-0.39, 0.29) is 6.04 Å². The number of rotatable bonds is 4. The van der Waals surface area contributed by atoms with Crippen molar-refractivity contribution in [3.63, 3.8) is 0 Å². The molecule has 1 atom stereocenters. The van der Waals surface area contributed by atoms with E-state index >= 15 is 0 Å². The first kappa shape index (κ1) is 12.0. The van der Waals surface area contributed by atoms with Gasteiger partial charge in [0.05, 0.1) is 0 Å². The summed E-state index contributed by atoms with van der Waals surface area (Å²) in [4.78, 5) is 4.38. The second kappa shape index (κ2) is 5.24. The fourth-order valence-electron chi connectivity index (χ4n) is 1.37. The molecule has 0 amide bonds. The number of aryl methyl sites for hydroxylation is 1. The van der Waals surface area contributed by atoms with Crippen molar-refractivity contribution in [2.45, 2.75) is 23.1 Å². The summed E-state index contributed by atoms with van der Waals surface area (Å²) in [6.45, 7) is 2.09. The van der Waals surface area contributed by atoms with Crippen LogP contribution in [0, 0.1) is 0 Å². The first-order valence-electron chi connectivity index (χ1n) is 5.24. The van der Waals surface area contributed by atoms with E-state index < -0.39 is 0 Å². The summed E-state index contributed by atoms with van der Waals surface area (Å²) in [5.74, 6) is 0. The number of tetrazole rings is 1. The van der Waals surface area contributed by atoms with Crippen molar-refractivity contribution in [2.75, 3.05) is 7.05 Å². The van der Waals surface area contributed by atoms with E-state index in [4.69, 9.17) is 0 Å². The lowest BCUT2D eigenvalue weighted by Gasteiger charge is -2.13. The van der Waals surface area contributed by atoms with Crippen molar-refractivity contribution in [3.05, 3.63) is 23.9 Å². The minimum absolute atomic E-state index is 0.243. The molecule has 6 nitrogen and oxygen atoms in total. The van der Waals surface area contributed by atoms with Gasteiger partial charge in [-0.2, -0.15) is 0 Å². The van der Waals surface area contributed by atoms with E-state index in [1.54, 1.807) is 10.9 Å². The Bertz CT molecular complexity index is 497. The fourth-order valence-corrected chi connectivity index (χ4v) is 2.26. The van der Waals surface area contributed by atoms with Crippen LogP contribution >= 0.6 is 11.8 Å². The Morgan fingerprint density at radius 1 is 1.47 bits per heavy atom. The molecule has 2 heterocycles. The van der Waals surface area contributed by atoms with Gasteiger partial charge in [0.25, 0.3) is 0 Å². The number of hydrogen-bond acceptors (Lipinski definition) is 6. The van der Waals surface area contributed by atoms with E-state index in [0.717, 1.165) is 15.7 Å². The quantitative estimate of drug-likeness (QED) is 0.874. The van der Waals surface area contributed by atoms with Gasteiger partial charge in [0.15, 0.2) is 0 Å². The summed E-state index contributed by atoms with van der Waals surface area (Å²) in [6, 6.07) is 4.23. The molecule has 0 spiro atoms. The maximum atomic E-state index is 4.38. The zero-order valence-corrected chi connectivity index (χ0v) is 10.8. The van der Waals surface area contributed by atoms with E-state index in [9.17, 15) is 0 Å². The van der Waals surface area contributed by atoms with Crippen molar-refractivity contribution in [2.24, 2.45) is 7.05 Å². The normalized spacial score (nSPS) is 12.6. The van der Waals surface area contributed by atoms with E-state index in [2.05, 4.69) is 38.8 Å². The summed E-state index contributed by atoms with van der Waals surface area (Å²) in [6.07, 6.45) is 1.78. The lowest BCUT2D eigenvalue weighted by Crippen LogP contribution is -2.13. The topological polar surface area (TPSA) is 68.5 Å². The Kier molecular flexibility index (Phi) is 3.70. The molecule has 0 aliphatic carbocycles. The molecule has 7 heteroatoms. The SMILES string of the molecule is CNC(C)c1cccnc1Sc1nnnn1C. The summed E-state index contributed by atoms with van der Waals surface area (Å²) in [7, 11) is 3.74. The number of nitrogens with one attached hydrogen (secondary N) is 1. The average Bonchev–Trinajstić information content (AvgIpc) is 2.75. The van der Waals surface area contributed by atoms with Crippen LogP contribution in [0.15, 0.2) is 28.5 Å². The molecule has 17 heavy (non-hydrogen) atoms. The zero-order chi connectivity index (χ0) is 12.3. The van der Waals surface area contributed by atoms with Gasteiger partial charge in [-0.1, -0.05) is 6.07 Å². The van der Waals surface area contributed by atoms with Gasteiger partial charge in [0.2, 0.25) is 5.16 Å². The largest absolute Gasteiger partial charge is 0.313 e. The monoisotopic (exact) mass is 250 g/mol. The number of nitrogens with zero attached hydrogens (tertiary/aromatic N) is 5. The standard InChI is InChI=1S/C10H14N6S/c1-7(11-2)8-5-4-6-12-9(8)17-10-13-14-15-16(10)3/h4-7,11H,1-3H3. The van der Waals surface area contributed by atoms with Crippen molar-refractivity contribution >= 4 is 11.8 Å². The molecule has 2 aromatic heterocycles. The minimum atomic E-state index is 0.243.